The molecule has 1 heterocycles. The Labute approximate surface area is 144 Å². The molecule has 0 atom stereocenters. The van der Waals surface area contributed by atoms with Gasteiger partial charge in [0.05, 0.1) is 4.92 Å². The van der Waals surface area contributed by atoms with E-state index in [0.717, 1.165) is 23.1 Å². The first kappa shape index (κ1) is 18.4. The van der Waals surface area contributed by atoms with Crippen LogP contribution in [0.3, 0.4) is 0 Å². The minimum absolute atomic E-state index is 0.0764. The summed E-state index contributed by atoms with van der Waals surface area (Å²) in [6.45, 7) is 1.94. The van der Waals surface area contributed by atoms with Gasteiger partial charge in [-0.05, 0) is 18.5 Å². The van der Waals surface area contributed by atoms with Crippen molar-refractivity contribution in [3.8, 4) is 0 Å². The number of nitrogens with zero attached hydrogens (tertiary/aromatic N) is 3. The largest absolute Gasteiger partial charge is 0.371 e. The molecular formula is C16H21N5O4. The fourth-order valence-corrected chi connectivity index (χ4v) is 2.30. The quantitative estimate of drug-likeness (QED) is 0.411. The van der Waals surface area contributed by atoms with E-state index in [-0.39, 0.29) is 16.9 Å². The lowest BCUT2D eigenvalue weighted by atomic mass is 10.2. The second-order valence-electron chi connectivity index (χ2n) is 5.65. The van der Waals surface area contributed by atoms with Crippen LogP contribution < -0.4 is 21.9 Å². The number of nitro groups is 1. The second kappa shape index (κ2) is 8.25. The van der Waals surface area contributed by atoms with Crippen molar-refractivity contribution in [1.29, 1.82) is 0 Å². The number of nitro benzene ring substituents is 1. The van der Waals surface area contributed by atoms with E-state index >= 15 is 0 Å². The van der Waals surface area contributed by atoms with Gasteiger partial charge in [0.2, 0.25) is 0 Å². The summed E-state index contributed by atoms with van der Waals surface area (Å²) >= 11 is 0. The van der Waals surface area contributed by atoms with Gasteiger partial charge in [-0.1, -0.05) is 12.1 Å². The molecule has 0 saturated heterocycles. The minimum Gasteiger partial charge on any atom is -0.371 e. The van der Waals surface area contributed by atoms with E-state index in [1.54, 1.807) is 19.2 Å². The van der Waals surface area contributed by atoms with Crippen LogP contribution in [0, 0.1) is 10.1 Å². The fraction of sp³-hybridized carbons (Fsp3) is 0.375. The van der Waals surface area contributed by atoms with Crippen LogP contribution in [0.25, 0.3) is 0 Å². The van der Waals surface area contributed by atoms with Crippen molar-refractivity contribution in [1.82, 2.24) is 14.5 Å². The van der Waals surface area contributed by atoms with Crippen molar-refractivity contribution in [2.45, 2.75) is 13.0 Å². The third kappa shape index (κ3) is 4.77. The third-order valence-corrected chi connectivity index (χ3v) is 3.84. The molecule has 0 amide bonds. The number of non-ortho nitro benzene ring substituents is 1. The van der Waals surface area contributed by atoms with Crippen molar-refractivity contribution in [3.05, 3.63) is 66.8 Å². The lowest BCUT2D eigenvalue weighted by Gasteiger charge is -2.12. The van der Waals surface area contributed by atoms with Gasteiger partial charge in [0, 0.05) is 45.4 Å². The molecule has 134 valence electrons. The molecule has 0 radical (unpaired) electrons. The molecule has 1 aromatic carbocycles. The van der Waals surface area contributed by atoms with Crippen LogP contribution in [0.15, 0.2) is 39.9 Å². The van der Waals surface area contributed by atoms with Gasteiger partial charge in [-0.25, -0.2) is 4.79 Å². The molecule has 0 spiro atoms. The highest BCUT2D eigenvalue weighted by atomic mass is 16.6. The molecule has 1 aromatic heterocycles. The van der Waals surface area contributed by atoms with Crippen LogP contribution in [0.2, 0.25) is 0 Å². The van der Waals surface area contributed by atoms with E-state index in [4.69, 9.17) is 0 Å². The summed E-state index contributed by atoms with van der Waals surface area (Å²) in [7, 11) is 3.05. The summed E-state index contributed by atoms with van der Waals surface area (Å²) in [6.07, 6.45) is 0.788. The molecule has 0 aliphatic heterocycles. The van der Waals surface area contributed by atoms with E-state index in [1.165, 1.54) is 29.8 Å². The van der Waals surface area contributed by atoms with Gasteiger partial charge in [0.25, 0.3) is 11.2 Å². The number of hydrogen-bond donors (Lipinski definition) is 2. The molecule has 0 fully saturated rings. The van der Waals surface area contributed by atoms with Crippen molar-refractivity contribution in [2.75, 3.05) is 18.4 Å². The van der Waals surface area contributed by atoms with E-state index < -0.39 is 4.92 Å². The third-order valence-electron chi connectivity index (χ3n) is 3.84. The molecule has 0 unspecified atom stereocenters. The number of nitrogens with one attached hydrogen (secondary N) is 2. The van der Waals surface area contributed by atoms with Crippen LogP contribution in [0.5, 0.6) is 0 Å². The monoisotopic (exact) mass is 347 g/mol. The summed E-state index contributed by atoms with van der Waals surface area (Å²) < 4.78 is 2.45. The van der Waals surface area contributed by atoms with Crippen molar-refractivity contribution >= 4 is 11.5 Å². The molecule has 2 rings (SSSR count). The van der Waals surface area contributed by atoms with Gasteiger partial charge in [0.15, 0.2) is 0 Å². The van der Waals surface area contributed by atoms with E-state index in [1.807, 2.05) is 0 Å². The Bertz CT molecular complexity index is 854. The smallest absolute Gasteiger partial charge is 0.332 e. The normalized spacial score (nSPS) is 10.6. The minimum atomic E-state index is -0.424. The number of benzene rings is 1. The van der Waals surface area contributed by atoms with Gasteiger partial charge in [-0.15, -0.1) is 0 Å². The van der Waals surface area contributed by atoms with Crippen molar-refractivity contribution < 1.29 is 4.92 Å². The standard InChI is InChI=1S/C16H21N5O4/c1-19-14(10-15(22)20(2)16(19)23)18-9-3-8-17-11-12-4-6-13(7-5-12)21(24)25/h4-7,10,17-18H,3,8-9,11H2,1-2H3. The molecule has 0 bridgehead atoms. The van der Waals surface area contributed by atoms with Gasteiger partial charge >= 0.3 is 5.69 Å². The molecule has 0 aliphatic carbocycles. The van der Waals surface area contributed by atoms with Crippen molar-refractivity contribution in [2.24, 2.45) is 14.1 Å². The Kier molecular flexibility index (Phi) is 6.07. The zero-order valence-electron chi connectivity index (χ0n) is 14.2. The van der Waals surface area contributed by atoms with Gasteiger partial charge < -0.3 is 10.6 Å². The highest BCUT2D eigenvalue weighted by Crippen LogP contribution is 2.11. The Morgan fingerprint density at radius 2 is 1.76 bits per heavy atom. The summed E-state index contributed by atoms with van der Waals surface area (Å²) in [5.41, 5.74) is 0.327. The summed E-state index contributed by atoms with van der Waals surface area (Å²) in [6, 6.07) is 7.80. The van der Waals surface area contributed by atoms with Crippen LogP contribution >= 0.6 is 0 Å². The lowest BCUT2D eigenvalue weighted by molar-refractivity contribution is -0.384. The lowest BCUT2D eigenvalue weighted by Crippen LogP contribution is -2.37. The highest BCUT2D eigenvalue weighted by Gasteiger charge is 2.05. The van der Waals surface area contributed by atoms with E-state index in [9.17, 15) is 19.7 Å². The number of anilines is 1. The maximum atomic E-state index is 11.8. The fourth-order valence-electron chi connectivity index (χ4n) is 2.30. The van der Waals surface area contributed by atoms with Crippen LogP contribution in [-0.4, -0.2) is 27.1 Å². The summed E-state index contributed by atoms with van der Waals surface area (Å²) in [5, 5.41) is 16.9. The molecule has 0 aliphatic rings. The van der Waals surface area contributed by atoms with Crippen LogP contribution in [0.4, 0.5) is 11.5 Å². The van der Waals surface area contributed by atoms with Crippen LogP contribution in [0.1, 0.15) is 12.0 Å². The molecular weight excluding hydrogens is 326 g/mol. The maximum absolute atomic E-state index is 11.8. The average molecular weight is 347 g/mol. The second-order valence-corrected chi connectivity index (χ2v) is 5.65. The Balaban J connectivity index is 1.74. The number of aromatic nitrogens is 2. The SMILES string of the molecule is Cn1c(NCCCNCc2ccc([N+](=O)[O-])cc2)cc(=O)n(C)c1=O. The molecule has 9 heteroatoms. The Morgan fingerprint density at radius 3 is 2.40 bits per heavy atom. The van der Waals surface area contributed by atoms with Crippen molar-refractivity contribution in [3.63, 3.8) is 0 Å². The molecule has 25 heavy (non-hydrogen) atoms. The predicted octanol–water partition coefficient (Wildman–Crippen LogP) is 0.584. The number of hydrogen-bond acceptors (Lipinski definition) is 6. The molecule has 2 N–H and O–H groups in total. The highest BCUT2D eigenvalue weighted by molar-refractivity contribution is 5.34. The summed E-state index contributed by atoms with van der Waals surface area (Å²) in [4.78, 5) is 33.6. The van der Waals surface area contributed by atoms with Gasteiger partial charge in [-0.2, -0.15) is 0 Å². The first-order valence-electron chi connectivity index (χ1n) is 7.85. The maximum Gasteiger partial charge on any atom is 0.332 e. The Morgan fingerprint density at radius 1 is 1.08 bits per heavy atom. The molecule has 2 aromatic rings. The topological polar surface area (TPSA) is 111 Å². The molecule has 9 nitrogen and oxygen atoms in total. The zero-order chi connectivity index (χ0) is 18.4. The first-order chi connectivity index (χ1) is 11.9. The number of rotatable bonds is 8. The van der Waals surface area contributed by atoms with Crippen LogP contribution in [-0.2, 0) is 20.6 Å². The zero-order valence-corrected chi connectivity index (χ0v) is 14.2. The van der Waals surface area contributed by atoms with E-state index in [2.05, 4.69) is 10.6 Å². The predicted molar refractivity (Wildman–Crippen MR) is 94.8 cm³/mol. The van der Waals surface area contributed by atoms with Gasteiger partial charge in [0.1, 0.15) is 5.82 Å². The summed E-state index contributed by atoms with van der Waals surface area (Å²) in [5.74, 6) is 0.489. The van der Waals surface area contributed by atoms with E-state index in [0.29, 0.717) is 18.9 Å². The van der Waals surface area contributed by atoms with Gasteiger partial charge in [-0.3, -0.25) is 24.0 Å². The molecule has 0 saturated carbocycles. The first-order valence-corrected chi connectivity index (χ1v) is 7.85. The average Bonchev–Trinajstić information content (AvgIpc) is 2.60. The Hall–Kier alpha value is -2.94.